The highest BCUT2D eigenvalue weighted by Crippen LogP contribution is 2.21. The molecule has 0 saturated heterocycles. The van der Waals surface area contributed by atoms with E-state index in [9.17, 15) is 0 Å². The van der Waals surface area contributed by atoms with Gasteiger partial charge in [0.2, 0.25) is 0 Å². The van der Waals surface area contributed by atoms with E-state index in [-0.39, 0.29) is 0 Å². The molecule has 106 valence electrons. The van der Waals surface area contributed by atoms with Crippen LogP contribution >= 0.6 is 0 Å². The maximum atomic E-state index is 4.59. The Bertz CT molecular complexity index is 713. The summed E-state index contributed by atoms with van der Waals surface area (Å²) >= 11 is 0. The van der Waals surface area contributed by atoms with Crippen molar-refractivity contribution in [1.82, 2.24) is 14.5 Å². The highest BCUT2D eigenvalue weighted by molar-refractivity contribution is 5.61. The van der Waals surface area contributed by atoms with Gasteiger partial charge in [-0.05, 0) is 42.2 Å². The van der Waals surface area contributed by atoms with E-state index in [0.29, 0.717) is 0 Å². The van der Waals surface area contributed by atoms with E-state index < -0.39 is 0 Å². The van der Waals surface area contributed by atoms with Crippen LogP contribution in [0, 0.1) is 6.92 Å². The van der Waals surface area contributed by atoms with Crippen LogP contribution in [0.3, 0.4) is 0 Å². The highest BCUT2D eigenvalue weighted by atomic mass is 15.0. The van der Waals surface area contributed by atoms with Crippen LogP contribution in [0.1, 0.15) is 23.6 Å². The Kier molecular flexibility index (Phi) is 3.82. The predicted molar refractivity (Wildman–Crippen MR) is 85.1 cm³/mol. The molecule has 0 bridgehead atoms. The largest absolute Gasteiger partial charge is 0.333 e. The summed E-state index contributed by atoms with van der Waals surface area (Å²) in [4.78, 5) is 8.64. The molecule has 3 heteroatoms. The Balaban J connectivity index is 1.82. The summed E-state index contributed by atoms with van der Waals surface area (Å²) in [7, 11) is 0. The molecular formula is C18H19N3. The molecule has 2 heterocycles. The predicted octanol–water partition coefficient (Wildman–Crippen LogP) is 3.86. The SMILES string of the molecule is CCc1ccc(-c2ccc(Cn3ccnc3)cn2)cc1C. The smallest absolute Gasteiger partial charge is 0.0949 e. The van der Waals surface area contributed by atoms with E-state index >= 15 is 0 Å². The summed E-state index contributed by atoms with van der Waals surface area (Å²) in [6, 6.07) is 10.8. The van der Waals surface area contributed by atoms with E-state index in [1.807, 2.05) is 23.3 Å². The Morgan fingerprint density at radius 1 is 1.14 bits per heavy atom. The molecule has 0 aliphatic heterocycles. The van der Waals surface area contributed by atoms with Gasteiger partial charge in [-0.2, -0.15) is 0 Å². The fourth-order valence-corrected chi connectivity index (χ4v) is 2.53. The van der Waals surface area contributed by atoms with Crippen molar-refractivity contribution in [2.24, 2.45) is 0 Å². The fourth-order valence-electron chi connectivity index (χ4n) is 2.53. The lowest BCUT2D eigenvalue weighted by molar-refractivity contribution is 0.793. The number of benzene rings is 1. The van der Waals surface area contributed by atoms with Gasteiger partial charge in [-0.15, -0.1) is 0 Å². The van der Waals surface area contributed by atoms with Crippen molar-refractivity contribution >= 4 is 0 Å². The lowest BCUT2D eigenvalue weighted by Gasteiger charge is -2.08. The molecule has 3 nitrogen and oxygen atoms in total. The van der Waals surface area contributed by atoms with Crippen LogP contribution in [-0.4, -0.2) is 14.5 Å². The van der Waals surface area contributed by atoms with E-state index in [1.165, 1.54) is 22.3 Å². The zero-order valence-corrected chi connectivity index (χ0v) is 12.5. The van der Waals surface area contributed by atoms with Crippen molar-refractivity contribution in [3.63, 3.8) is 0 Å². The van der Waals surface area contributed by atoms with Crippen LogP contribution in [0.25, 0.3) is 11.3 Å². The Hall–Kier alpha value is -2.42. The van der Waals surface area contributed by atoms with Crippen LogP contribution in [0.2, 0.25) is 0 Å². The molecule has 0 aliphatic carbocycles. The van der Waals surface area contributed by atoms with E-state index in [1.54, 1.807) is 6.20 Å². The first kappa shape index (κ1) is 13.6. The summed E-state index contributed by atoms with van der Waals surface area (Å²) in [5.74, 6) is 0. The summed E-state index contributed by atoms with van der Waals surface area (Å²) in [5.41, 5.74) is 6.11. The lowest BCUT2D eigenvalue weighted by Crippen LogP contribution is -1.97. The minimum atomic E-state index is 0.807. The van der Waals surface area contributed by atoms with Crippen molar-refractivity contribution in [2.45, 2.75) is 26.8 Å². The molecule has 0 N–H and O–H groups in total. The maximum Gasteiger partial charge on any atom is 0.0949 e. The zero-order chi connectivity index (χ0) is 14.7. The lowest BCUT2D eigenvalue weighted by atomic mass is 10.0. The van der Waals surface area contributed by atoms with Crippen molar-refractivity contribution < 1.29 is 0 Å². The first-order chi connectivity index (χ1) is 10.3. The molecule has 21 heavy (non-hydrogen) atoms. The minimum absolute atomic E-state index is 0.807. The van der Waals surface area contributed by atoms with Crippen LogP contribution in [-0.2, 0) is 13.0 Å². The van der Waals surface area contributed by atoms with E-state index in [4.69, 9.17) is 0 Å². The van der Waals surface area contributed by atoms with Crippen molar-refractivity contribution in [3.8, 4) is 11.3 Å². The van der Waals surface area contributed by atoms with Crippen LogP contribution in [0.5, 0.6) is 0 Å². The number of rotatable bonds is 4. The van der Waals surface area contributed by atoms with Gasteiger partial charge in [0, 0.05) is 30.7 Å². The molecule has 0 unspecified atom stereocenters. The number of hydrogen-bond donors (Lipinski definition) is 0. The molecule has 0 radical (unpaired) electrons. The Morgan fingerprint density at radius 3 is 2.67 bits per heavy atom. The Morgan fingerprint density at radius 2 is 2.05 bits per heavy atom. The van der Waals surface area contributed by atoms with Gasteiger partial charge in [0.1, 0.15) is 0 Å². The summed E-state index contributed by atoms with van der Waals surface area (Å²) in [5, 5.41) is 0. The first-order valence-corrected chi connectivity index (χ1v) is 7.27. The third-order valence-electron chi connectivity index (χ3n) is 3.77. The highest BCUT2D eigenvalue weighted by Gasteiger charge is 2.03. The van der Waals surface area contributed by atoms with Gasteiger partial charge in [-0.25, -0.2) is 4.98 Å². The molecule has 0 atom stereocenters. The van der Waals surface area contributed by atoms with Gasteiger partial charge in [-0.3, -0.25) is 4.98 Å². The van der Waals surface area contributed by atoms with Crippen LogP contribution in [0.15, 0.2) is 55.2 Å². The Labute approximate surface area is 125 Å². The second-order valence-corrected chi connectivity index (χ2v) is 5.28. The molecular weight excluding hydrogens is 258 g/mol. The third-order valence-corrected chi connectivity index (χ3v) is 3.77. The molecule has 0 amide bonds. The molecule has 3 rings (SSSR count). The number of aryl methyl sites for hydroxylation is 2. The van der Waals surface area contributed by atoms with Crippen LogP contribution < -0.4 is 0 Å². The first-order valence-electron chi connectivity index (χ1n) is 7.27. The molecule has 0 saturated carbocycles. The second-order valence-electron chi connectivity index (χ2n) is 5.28. The normalized spacial score (nSPS) is 10.8. The maximum absolute atomic E-state index is 4.59. The molecule has 2 aromatic heterocycles. The summed E-state index contributed by atoms with van der Waals surface area (Å²) in [6.07, 6.45) is 8.59. The van der Waals surface area contributed by atoms with Gasteiger partial charge in [0.15, 0.2) is 0 Å². The second kappa shape index (κ2) is 5.92. The van der Waals surface area contributed by atoms with Crippen molar-refractivity contribution in [2.75, 3.05) is 0 Å². The fraction of sp³-hybridized carbons (Fsp3) is 0.222. The van der Waals surface area contributed by atoms with Gasteiger partial charge < -0.3 is 4.57 Å². The van der Waals surface area contributed by atoms with Gasteiger partial charge in [0.05, 0.1) is 12.0 Å². The summed E-state index contributed by atoms with van der Waals surface area (Å²) < 4.78 is 2.04. The monoisotopic (exact) mass is 277 g/mol. The van der Waals surface area contributed by atoms with Gasteiger partial charge in [-0.1, -0.05) is 25.1 Å². The zero-order valence-electron chi connectivity index (χ0n) is 12.5. The standard InChI is InChI=1S/C18H19N3/c1-3-16-5-6-17(10-14(16)2)18-7-4-15(11-20-18)12-21-9-8-19-13-21/h4-11,13H,3,12H2,1-2H3. The topological polar surface area (TPSA) is 30.7 Å². The molecule has 0 aliphatic rings. The molecule has 1 aromatic carbocycles. The average molecular weight is 277 g/mol. The number of imidazole rings is 1. The number of hydrogen-bond acceptors (Lipinski definition) is 2. The number of pyridine rings is 1. The minimum Gasteiger partial charge on any atom is -0.333 e. The quantitative estimate of drug-likeness (QED) is 0.725. The van der Waals surface area contributed by atoms with E-state index in [2.05, 4.69) is 54.1 Å². The van der Waals surface area contributed by atoms with Gasteiger partial charge >= 0.3 is 0 Å². The van der Waals surface area contributed by atoms with Crippen LogP contribution in [0.4, 0.5) is 0 Å². The average Bonchev–Trinajstić information content (AvgIpc) is 3.01. The number of aromatic nitrogens is 3. The van der Waals surface area contributed by atoms with E-state index in [0.717, 1.165) is 18.7 Å². The molecule has 3 aromatic rings. The van der Waals surface area contributed by atoms with Crippen molar-refractivity contribution in [3.05, 3.63) is 71.9 Å². The third kappa shape index (κ3) is 3.02. The van der Waals surface area contributed by atoms with Crippen molar-refractivity contribution in [1.29, 1.82) is 0 Å². The number of nitrogens with zero attached hydrogens (tertiary/aromatic N) is 3. The molecule has 0 spiro atoms. The summed E-state index contributed by atoms with van der Waals surface area (Å²) in [6.45, 7) is 5.15. The van der Waals surface area contributed by atoms with Gasteiger partial charge in [0.25, 0.3) is 0 Å². The molecule has 0 fully saturated rings.